The van der Waals surface area contributed by atoms with Crippen LogP contribution in [0.3, 0.4) is 0 Å². The van der Waals surface area contributed by atoms with Crippen molar-refractivity contribution in [2.45, 2.75) is 36.3 Å². The minimum Gasteiger partial charge on any atom is -0.365 e. The van der Waals surface area contributed by atoms with Crippen molar-refractivity contribution in [1.82, 2.24) is 14.2 Å². The van der Waals surface area contributed by atoms with Gasteiger partial charge in [0.15, 0.2) is 0 Å². The van der Waals surface area contributed by atoms with Crippen molar-refractivity contribution in [1.29, 1.82) is 0 Å². The van der Waals surface area contributed by atoms with E-state index in [4.69, 9.17) is 4.74 Å². The van der Waals surface area contributed by atoms with Gasteiger partial charge in [0.05, 0.1) is 19.1 Å². The van der Waals surface area contributed by atoms with E-state index in [-0.39, 0.29) is 25.1 Å². The lowest BCUT2D eigenvalue weighted by molar-refractivity contribution is -0.150. The highest BCUT2D eigenvalue weighted by molar-refractivity contribution is 7.90. The highest BCUT2D eigenvalue weighted by Gasteiger charge is 2.65. The van der Waals surface area contributed by atoms with E-state index in [2.05, 4.69) is 4.98 Å². The van der Waals surface area contributed by atoms with Gasteiger partial charge in [-0.1, -0.05) is 36.4 Å². The van der Waals surface area contributed by atoms with Crippen LogP contribution in [0.4, 0.5) is 0 Å². The van der Waals surface area contributed by atoms with Crippen LogP contribution in [-0.4, -0.2) is 65.1 Å². The molecule has 3 atom stereocenters. The Morgan fingerprint density at radius 1 is 1.14 bits per heavy atom. The van der Waals surface area contributed by atoms with Crippen LogP contribution in [0.2, 0.25) is 0 Å². The number of pyridine rings is 1. The molecule has 0 radical (unpaired) electrons. The Balaban J connectivity index is 1.36. The summed E-state index contributed by atoms with van der Waals surface area (Å²) in [4.78, 5) is 18.8. The van der Waals surface area contributed by atoms with Crippen LogP contribution in [0.1, 0.15) is 17.5 Å². The largest absolute Gasteiger partial charge is 0.365 e. The SMILES string of the molecule is O=C(Cc1ccccc1)N1C[C@H]2C[C@H]3[C@](C1)(CN(Cc1cccnc1)S3(=O)=O)O2. The molecule has 2 bridgehead atoms. The molecule has 1 amide bonds. The van der Waals surface area contributed by atoms with Crippen LogP contribution in [-0.2, 0) is 32.5 Å². The fraction of sp³-hybridized carbons (Fsp3) is 0.429. The second-order valence-corrected chi connectivity index (χ2v) is 10.3. The lowest BCUT2D eigenvalue weighted by Gasteiger charge is -2.39. The smallest absolute Gasteiger partial charge is 0.227 e. The van der Waals surface area contributed by atoms with Gasteiger partial charge in [0.1, 0.15) is 10.9 Å². The summed E-state index contributed by atoms with van der Waals surface area (Å²) >= 11 is 0. The molecule has 1 aromatic heterocycles. The summed E-state index contributed by atoms with van der Waals surface area (Å²) in [5, 5.41) is -0.591. The van der Waals surface area contributed by atoms with Crippen molar-refractivity contribution in [3.63, 3.8) is 0 Å². The minimum absolute atomic E-state index is 0.0210. The average molecular weight is 413 g/mol. The molecule has 1 aromatic carbocycles. The monoisotopic (exact) mass is 413 g/mol. The molecular weight excluding hydrogens is 390 g/mol. The second-order valence-electron chi connectivity index (χ2n) is 8.14. The molecule has 152 valence electrons. The molecule has 0 N–H and O–H groups in total. The number of nitrogens with zero attached hydrogens (tertiary/aromatic N) is 3. The van der Waals surface area contributed by atoms with Crippen molar-refractivity contribution in [2.75, 3.05) is 19.6 Å². The summed E-state index contributed by atoms with van der Waals surface area (Å²) < 4.78 is 34.1. The Hall–Kier alpha value is -2.29. The molecule has 29 heavy (non-hydrogen) atoms. The van der Waals surface area contributed by atoms with E-state index >= 15 is 0 Å². The summed E-state index contributed by atoms with van der Waals surface area (Å²) in [6, 6.07) is 13.3. The van der Waals surface area contributed by atoms with Gasteiger partial charge in [-0.15, -0.1) is 0 Å². The zero-order valence-corrected chi connectivity index (χ0v) is 16.8. The third kappa shape index (κ3) is 3.25. The quantitative estimate of drug-likeness (QED) is 0.753. The standard InChI is InChI=1S/C21H23N3O4S/c25-20(9-16-5-2-1-3-6-16)23-13-18-10-19-21(14-23,28-18)15-24(29(19,26)27)12-17-7-4-8-22-11-17/h1-8,11,18-19H,9-10,12-15H2/t18-,19+,21+/m1/s1. The van der Waals surface area contributed by atoms with Crippen molar-refractivity contribution in [3.05, 3.63) is 66.0 Å². The number of hydrogen-bond acceptors (Lipinski definition) is 5. The molecule has 3 fully saturated rings. The van der Waals surface area contributed by atoms with E-state index in [1.807, 2.05) is 36.4 Å². The van der Waals surface area contributed by atoms with E-state index in [0.29, 0.717) is 25.9 Å². The molecule has 0 unspecified atom stereocenters. The van der Waals surface area contributed by atoms with E-state index in [1.165, 1.54) is 4.31 Å². The number of morpholine rings is 1. The number of likely N-dealkylation sites (tertiary alicyclic amines) is 1. The maximum absolute atomic E-state index is 13.2. The van der Waals surface area contributed by atoms with Gasteiger partial charge in [0, 0.05) is 32.0 Å². The summed E-state index contributed by atoms with van der Waals surface area (Å²) in [6.07, 6.45) is 3.90. The number of hydrogen-bond donors (Lipinski definition) is 0. The van der Waals surface area contributed by atoms with Crippen molar-refractivity contribution < 1.29 is 17.9 Å². The Morgan fingerprint density at radius 2 is 1.93 bits per heavy atom. The Kier molecular flexibility index (Phi) is 4.45. The first kappa shape index (κ1) is 18.7. The Morgan fingerprint density at radius 3 is 2.69 bits per heavy atom. The van der Waals surface area contributed by atoms with Crippen LogP contribution >= 0.6 is 0 Å². The second kappa shape index (κ2) is 6.90. The molecule has 3 aliphatic heterocycles. The molecule has 0 saturated carbocycles. The number of sulfonamides is 1. The molecular formula is C21H23N3O4S. The number of fused-ring (bicyclic) bond motifs is 1. The number of carbonyl (C=O) groups excluding carboxylic acids is 1. The average Bonchev–Trinajstić information content (AvgIpc) is 3.08. The van der Waals surface area contributed by atoms with Crippen LogP contribution in [0, 0.1) is 0 Å². The van der Waals surface area contributed by atoms with Gasteiger partial charge in [-0.05, 0) is 23.6 Å². The molecule has 3 aliphatic rings. The van der Waals surface area contributed by atoms with E-state index < -0.39 is 20.9 Å². The predicted molar refractivity (Wildman–Crippen MR) is 106 cm³/mol. The lowest BCUT2D eigenvalue weighted by atomic mass is 9.99. The first-order valence-corrected chi connectivity index (χ1v) is 11.3. The zero-order chi connectivity index (χ0) is 20.1. The molecule has 8 heteroatoms. The molecule has 5 rings (SSSR count). The number of rotatable bonds is 4. The zero-order valence-electron chi connectivity index (χ0n) is 16.0. The van der Waals surface area contributed by atoms with Crippen LogP contribution in [0.15, 0.2) is 54.9 Å². The number of amides is 1. The Bertz CT molecular complexity index is 1010. The number of carbonyl (C=O) groups is 1. The molecule has 1 spiro atoms. The summed E-state index contributed by atoms with van der Waals surface area (Å²) in [5.41, 5.74) is 0.968. The molecule has 0 aliphatic carbocycles. The summed E-state index contributed by atoms with van der Waals surface area (Å²) in [6.45, 7) is 1.34. The van der Waals surface area contributed by atoms with E-state index in [1.54, 1.807) is 23.4 Å². The summed E-state index contributed by atoms with van der Waals surface area (Å²) in [7, 11) is -3.49. The molecule has 2 aromatic rings. The lowest BCUT2D eigenvalue weighted by Crippen LogP contribution is -2.56. The maximum Gasteiger partial charge on any atom is 0.227 e. The third-order valence-electron chi connectivity index (χ3n) is 6.14. The number of ether oxygens (including phenoxy) is 1. The topological polar surface area (TPSA) is 79.8 Å². The van der Waals surface area contributed by atoms with Crippen LogP contribution < -0.4 is 0 Å². The maximum atomic E-state index is 13.2. The number of benzene rings is 1. The van der Waals surface area contributed by atoms with Gasteiger partial charge >= 0.3 is 0 Å². The molecule has 4 heterocycles. The number of aromatic nitrogens is 1. The Labute approximate surface area is 170 Å². The van der Waals surface area contributed by atoms with Gasteiger partial charge < -0.3 is 9.64 Å². The van der Waals surface area contributed by atoms with E-state index in [9.17, 15) is 13.2 Å². The van der Waals surface area contributed by atoms with Gasteiger partial charge in [0.25, 0.3) is 0 Å². The molecule has 3 saturated heterocycles. The van der Waals surface area contributed by atoms with Crippen LogP contribution in [0.5, 0.6) is 0 Å². The van der Waals surface area contributed by atoms with Gasteiger partial charge in [-0.25, -0.2) is 8.42 Å². The van der Waals surface area contributed by atoms with Gasteiger partial charge in [0.2, 0.25) is 15.9 Å². The first-order valence-electron chi connectivity index (χ1n) is 9.84. The predicted octanol–water partition coefficient (Wildman–Crippen LogP) is 1.21. The van der Waals surface area contributed by atoms with Crippen LogP contribution in [0.25, 0.3) is 0 Å². The fourth-order valence-electron chi connectivity index (χ4n) is 4.86. The normalized spacial score (nSPS) is 30.3. The highest BCUT2D eigenvalue weighted by atomic mass is 32.2. The highest BCUT2D eigenvalue weighted by Crippen LogP contribution is 2.47. The third-order valence-corrected chi connectivity index (χ3v) is 8.46. The first-order chi connectivity index (χ1) is 14.0. The molecule has 7 nitrogen and oxygen atoms in total. The summed E-state index contributed by atoms with van der Waals surface area (Å²) in [5.74, 6) is 0.0210. The van der Waals surface area contributed by atoms with E-state index in [0.717, 1.165) is 11.1 Å². The van der Waals surface area contributed by atoms with Gasteiger partial charge in [-0.2, -0.15) is 4.31 Å². The van der Waals surface area contributed by atoms with Crippen molar-refractivity contribution in [2.24, 2.45) is 0 Å². The van der Waals surface area contributed by atoms with Crippen molar-refractivity contribution >= 4 is 15.9 Å². The fourth-order valence-corrected chi connectivity index (χ4v) is 7.15. The minimum atomic E-state index is -3.49. The van der Waals surface area contributed by atoms with Gasteiger partial charge in [-0.3, -0.25) is 9.78 Å². The van der Waals surface area contributed by atoms with Crippen molar-refractivity contribution in [3.8, 4) is 0 Å².